The van der Waals surface area contributed by atoms with Crippen molar-refractivity contribution >= 4 is 11.4 Å². The lowest BCUT2D eigenvalue weighted by Gasteiger charge is -2.33. The Bertz CT molecular complexity index is 362. The Balaban J connectivity index is 2.10. The molecule has 1 aliphatic rings. The van der Waals surface area contributed by atoms with Crippen LogP contribution in [0.4, 0.5) is 15.8 Å². The highest BCUT2D eigenvalue weighted by Gasteiger charge is 2.20. The van der Waals surface area contributed by atoms with E-state index in [2.05, 4.69) is 4.90 Å². The average Bonchev–Trinajstić information content (AvgIpc) is 2.32. The third-order valence-corrected chi connectivity index (χ3v) is 3.21. The molecule has 1 aromatic rings. The lowest BCUT2D eigenvalue weighted by molar-refractivity contribution is 0.203. The summed E-state index contributed by atoms with van der Waals surface area (Å²) in [5.74, 6) is 0.125. The first kappa shape index (κ1) is 11.2. The molecule has 1 saturated heterocycles. The minimum Gasteiger partial charge on any atom is -0.397 e. The van der Waals surface area contributed by atoms with E-state index in [9.17, 15) is 4.39 Å². The summed E-state index contributed by atoms with van der Waals surface area (Å²) in [7, 11) is 0. The number of nitrogens with zero attached hydrogens (tertiary/aromatic N) is 1. The highest BCUT2D eigenvalue weighted by Crippen LogP contribution is 2.28. The van der Waals surface area contributed by atoms with Gasteiger partial charge in [-0.05, 0) is 37.0 Å². The SMILES string of the molecule is Nc1ccc(F)cc1N1CCC(CO)CC1. The van der Waals surface area contributed by atoms with Crippen LogP contribution in [0.5, 0.6) is 0 Å². The monoisotopic (exact) mass is 224 g/mol. The van der Waals surface area contributed by atoms with Gasteiger partial charge in [0, 0.05) is 19.7 Å². The second-order valence-electron chi connectivity index (χ2n) is 4.32. The Morgan fingerprint density at radius 1 is 1.38 bits per heavy atom. The maximum Gasteiger partial charge on any atom is 0.125 e. The summed E-state index contributed by atoms with van der Waals surface area (Å²) in [6.07, 6.45) is 1.87. The van der Waals surface area contributed by atoms with Crippen molar-refractivity contribution in [3.63, 3.8) is 0 Å². The number of hydrogen-bond donors (Lipinski definition) is 2. The fraction of sp³-hybridized carbons (Fsp3) is 0.500. The van der Waals surface area contributed by atoms with E-state index in [-0.39, 0.29) is 12.4 Å². The van der Waals surface area contributed by atoms with Crippen molar-refractivity contribution in [2.45, 2.75) is 12.8 Å². The van der Waals surface area contributed by atoms with Gasteiger partial charge in [0.05, 0.1) is 11.4 Å². The molecule has 1 heterocycles. The molecule has 0 unspecified atom stereocenters. The van der Waals surface area contributed by atoms with Gasteiger partial charge in [0.15, 0.2) is 0 Å². The molecular weight excluding hydrogens is 207 g/mol. The fourth-order valence-corrected chi connectivity index (χ4v) is 2.15. The van der Waals surface area contributed by atoms with Crippen molar-refractivity contribution in [1.82, 2.24) is 0 Å². The molecule has 0 saturated carbocycles. The Kier molecular flexibility index (Phi) is 3.29. The van der Waals surface area contributed by atoms with Crippen molar-refractivity contribution in [3.8, 4) is 0 Å². The topological polar surface area (TPSA) is 49.5 Å². The molecule has 0 spiro atoms. The van der Waals surface area contributed by atoms with E-state index in [4.69, 9.17) is 10.8 Å². The van der Waals surface area contributed by atoms with Crippen LogP contribution in [0, 0.1) is 11.7 Å². The van der Waals surface area contributed by atoms with Crippen molar-refractivity contribution in [2.24, 2.45) is 5.92 Å². The molecule has 88 valence electrons. The van der Waals surface area contributed by atoms with Crippen LogP contribution in [0.2, 0.25) is 0 Å². The van der Waals surface area contributed by atoms with E-state index in [0.29, 0.717) is 11.6 Å². The minimum atomic E-state index is -0.256. The summed E-state index contributed by atoms with van der Waals surface area (Å²) in [6.45, 7) is 1.91. The molecule has 2 rings (SSSR count). The molecule has 1 aliphatic heterocycles. The molecule has 1 fully saturated rings. The number of halogens is 1. The number of anilines is 2. The van der Waals surface area contributed by atoms with Gasteiger partial charge in [0.2, 0.25) is 0 Å². The van der Waals surface area contributed by atoms with Crippen molar-refractivity contribution in [3.05, 3.63) is 24.0 Å². The van der Waals surface area contributed by atoms with Crippen LogP contribution in [-0.2, 0) is 0 Å². The number of nitrogen functional groups attached to an aromatic ring is 1. The molecule has 0 radical (unpaired) electrons. The molecule has 0 bridgehead atoms. The Morgan fingerprint density at radius 3 is 2.69 bits per heavy atom. The van der Waals surface area contributed by atoms with Gasteiger partial charge in [-0.1, -0.05) is 0 Å². The summed E-state index contributed by atoms with van der Waals surface area (Å²) in [4.78, 5) is 2.09. The fourth-order valence-electron chi connectivity index (χ4n) is 2.15. The van der Waals surface area contributed by atoms with Gasteiger partial charge in [0.25, 0.3) is 0 Å². The molecule has 1 aromatic carbocycles. The van der Waals surface area contributed by atoms with E-state index < -0.39 is 0 Å². The Hall–Kier alpha value is -1.29. The highest BCUT2D eigenvalue weighted by molar-refractivity contribution is 5.67. The third kappa shape index (κ3) is 2.27. The van der Waals surface area contributed by atoms with E-state index in [1.807, 2.05) is 0 Å². The Labute approximate surface area is 94.7 Å². The first-order chi connectivity index (χ1) is 7.70. The molecule has 4 heteroatoms. The smallest absolute Gasteiger partial charge is 0.125 e. The van der Waals surface area contributed by atoms with Crippen molar-refractivity contribution in [2.75, 3.05) is 30.3 Å². The van der Waals surface area contributed by atoms with Crippen LogP contribution < -0.4 is 10.6 Å². The summed E-state index contributed by atoms with van der Waals surface area (Å²) in [5.41, 5.74) is 7.22. The largest absolute Gasteiger partial charge is 0.397 e. The predicted molar refractivity (Wildman–Crippen MR) is 62.8 cm³/mol. The van der Waals surface area contributed by atoms with Crippen LogP contribution in [0.1, 0.15) is 12.8 Å². The maximum atomic E-state index is 13.1. The number of hydrogen-bond acceptors (Lipinski definition) is 3. The zero-order chi connectivity index (χ0) is 11.5. The van der Waals surface area contributed by atoms with Gasteiger partial charge < -0.3 is 15.7 Å². The minimum absolute atomic E-state index is 0.243. The number of benzene rings is 1. The van der Waals surface area contributed by atoms with E-state index in [0.717, 1.165) is 31.6 Å². The second-order valence-corrected chi connectivity index (χ2v) is 4.32. The van der Waals surface area contributed by atoms with Crippen molar-refractivity contribution in [1.29, 1.82) is 0 Å². The quantitative estimate of drug-likeness (QED) is 0.750. The lowest BCUT2D eigenvalue weighted by atomic mass is 9.97. The number of rotatable bonds is 2. The number of aliphatic hydroxyl groups excluding tert-OH is 1. The molecule has 0 atom stereocenters. The van der Waals surface area contributed by atoms with Gasteiger partial charge in [-0.25, -0.2) is 4.39 Å². The van der Waals surface area contributed by atoms with E-state index >= 15 is 0 Å². The highest BCUT2D eigenvalue weighted by atomic mass is 19.1. The molecule has 0 aromatic heterocycles. The molecule has 3 N–H and O–H groups in total. The lowest BCUT2D eigenvalue weighted by Crippen LogP contribution is -2.35. The first-order valence-electron chi connectivity index (χ1n) is 5.61. The summed E-state index contributed by atoms with van der Waals surface area (Å²) in [5, 5.41) is 9.04. The van der Waals surface area contributed by atoms with Crippen LogP contribution in [-0.4, -0.2) is 24.8 Å². The third-order valence-electron chi connectivity index (χ3n) is 3.21. The summed E-state index contributed by atoms with van der Waals surface area (Å²) >= 11 is 0. The second kappa shape index (κ2) is 4.70. The standard InChI is InChI=1S/C12H17FN2O/c13-10-1-2-11(14)12(7-10)15-5-3-9(8-16)4-6-15/h1-2,7,9,16H,3-6,8,14H2. The van der Waals surface area contributed by atoms with Gasteiger partial charge in [-0.2, -0.15) is 0 Å². The zero-order valence-corrected chi connectivity index (χ0v) is 9.19. The Morgan fingerprint density at radius 2 is 2.06 bits per heavy atom. The predicted octanol–water partition coefficient (Wildman–Crippen LogP) is 1.62. The molecule has 3 nitrogen and oxygen atoms in total. The van der Waals surface area contributed by atoms with Gasteiger partial charge >= 0.3 is 0 Å². The number of aliphatic hydroxyl groups is 1. The maximum absolute atomic E-state index is 13.1. The van der Waals surface area contributed by atoms with Gasteiger partial charge in [-0.3, -0.25) is 0 Å². The van der Waals surface area contributed by atoms with Crippen LogP contribution in [0.25, 0.3) is 0 Å². The van der Waals surface area contributed by atoms with E-state index in [1.54, 1.807) is 6.07 Å². The molecule has 16 heavy (non-hydrogen) atoms. The molecular formula is C12H17FN2O. The normalized spacial score (nSPS) is 17.8. The van der Waals surface area contributed by atoms with Gasteiger partial charge in [-0.15, -0.1) is 0 Å². The van der Waals surface area contributed by atoms with Crippen LogP contribution in [0.3, 0.4) is 0 Å². The molecule has 0 aliphatic carbocycles. The molecule has 0 amide bonds. The van der Waals surface area contributed by atoms with Crippen molar-refractivity contribution < 1.29 is 9.50 Å². The zero-order valence-electron chi connectivity index (χ0n) is 9.19. The van der Waals surface area contributed by atoms with Crippen LogP contribution >= 0.6 is 0 Å². The summed E-state index contributed by atoms with van der Waals surface area (Å²) < 4.78 is 13.1. The number of nitrogens with two attached hydrogens (primary N) is 1. The summed E-state index contributed by atoms with van der Waals surface area (Å²) in [6, 6.07) is 4.46. The average molecular weight is 224 g/mol. The van der Waals surface area contributed by atoms with Gasteiger partial charge in [0.1, 0.15) is 5.82 Å². The van der Waals surface area contributed by atoms with Crippen LogP contribution in [0.15, 0.2) is 18.2 Å². The first-order valence-corrected chi connectivity index (χ1v) is 5.61. The number of piperidine rings is 1. The van der Waals surface area contributed by atoms with E-state index in [1.165, 1.54) is 12.1 Å².